The van der Waals surface area contributed by atoms with Gasteiger partial charge in [0.15, 0.2) is 6.10 Å². The second-order valence-corrected chi connectivity index (χ2v) is 23.8. The van der Waals surface area contributed by atoms with E-state index in [0.717, 1.165) is 96.3 Å². The number of hydrogen-bond donors (Lipinski definition) is 0. The average Bonchev–Trinajstić information content (AvgIpc) is 3.47. The molecule has 0 radical (unpaired) electrons. The highest BCUT2D eigenvalue weighted by Gasteiger charge is 2.19. The van der Waals surface area contributed by atoms with Crippen molar-refractivity contribution in [1.82, 2.24) is 0 Å². The van der Waals surface area contributed by atoms with E-state index in [9.17, 15) is 14.4 Å². The Hall–Kier alpha value is -3.41. The fourth-order valence-electron chi connectivity index (χ4n) is 10.3. The summed E-state index contributed by atoms with van der Waals surface area (Å²) in [6.45, 7) is 6.55. The summed E-state index contributed by atoms with van der Waals surface area (Å²) in [6, 6.07) is 0. The third-order valence-electron chi connectivity index (χ3n) is 15.6. The van der Waals surface area contributed by atoms with Gasteiger partial charge in [-0.3, -0.25) is 14.4 Å². The maximum atomic E-state index is 13.0. The van der Waals surface area contributed by atoms with E-state index in [4.69, 9.17) is 14.2 Å². The van der Waals surface area contributed by atoms with E-state index >= 15 is 0 Å². The number of hydrogen-bond acceptors (Lipinski definition) is 6. The molecule has 6 nitrogen and oxygen atoms in total. The van der Waals surface area contributed by atoms with E-state index in [1.165, 1.54) is 225 Å². The molecule has 1 atom stereocenters. The molecule has 6 heteroatoms. The highest BCUT2D eigenvalue weighted by atomic mass is 16.6. The zero-order valence-electron chi connectivity index (χ0n) is 54.5. The molecule has 0 aromatic carbocycles. The predicted molar refractivity (Wildman–Crippen MR) is 358 cm³/mol. The Bertz CT molecular complexity index is 1550. The van der Waals surface area contributed by atoms with Gasteiger partial charge in [0, 0.05) is 19.3 Å². The Balaban J connectivity index is 4.29. The van der Waals surface area contributed by atoms with Crippen LogP contribution < -0.4 is 0 Å². The van der Waals surface area contributed by atoms with E-state index in [0.29, 0.717) is 19.3 Å². The van der Waals surface area contributed by atoms with Gasteiger partial charge in [0.2, 0.25) is 0 Å². The summed E-state index contributed by atoms with van der Waals surface area (Å²) in [6.07, 6.45) is 93.2. The summed E-state index contributed by atoms with van der Waals surface area (Å²) in [5.41, 5.74) is 0. The fraction of sp³-hybridized carbons (Fsp3) is 0.776. The molecular weight excluding hydrogens is 1010 g/mol. The van der Waals surface area contributed by atoms with Gasteiger partial charge in [0.05, 0.1) is 0 Å². The van der Waals surface area contributed by atoms with E-state index < -0.39 is 6.10 Å². The number of carbonyl (C=O) groups excluding carboxylic acids is 3. The van der Waals surface area contributed by atoms with Crippen LogP contribution in [0.1, 0.15) is 361 Å². The van der Waals surface area contributed by atoms with Crippen LogP contribution in [0.5, 0.6) is 0 Å². The third kappa shape index (κ3) is 67.4. The van der Waals surface area contributed by atoms with Gasteiger partial charge in [-0.05, 0) is 116 Å². The van der Waals surface area contributed by atoms with Crippen LogP contribution in [0.4, 0.5) is 0 Å². The Kier molecular flexibility index (Phi) is 67.2. The number of esters is 3. The van der Waals surface area contributed by atoms with Crippen LogP contribution in [0, 0.1) is 0 Å². The summed E-state index contributed by atoms with van der Waals surface area (Å²) in [7, 11) is 0. The first-order valence-corrected chi connectivity index (χ1v) is 35.6. The van der Waals surface area contributed by atoms with Crippen molar-refractivity contribution in [3.05, 3.63) is 85.1 Å². The Labute approximate surface area is 509 Å². The van der Waals surface area contributed by atoms with Crippen LogP contribution in [0.25, 0.3) is 0 Å². The molecule has 0 spiro atoms. The lowest BCUT2D eigenvalue weighted by molar-refractivity contribution is -0.167. The van der Waals surface area contributed by atoms with Crippen molar-refractivity contribution in [2.45, 2.75) is 367 Å². The van der Waals surface area contributed by atoms with Crippen LogP contribution >= 0.6 is 0 Å². The van der Waals surface area contributed by atoms with Gasteiger partial charge >= 0.3 is 17.9 Å². The first-order chi connectivity index (χ1) is 40.5. The molecule has 0 aliphatic carbocycles. The molecule has 0 aliphatic rings. The maximum Gasteiger partial charge on any atom is 0.306 e. The van der Waals surface area contributed by atoms with Gasteiger partial charge < -0.3 is 14.2 Å². The van der Waals surface area contributed by atoms with Crippen LogP contribution in [0.15, 0.2) is 85.1 Å². The molecule has 0 aromatic heterocycles. The van der Waals surface area contributed by atoms with E-state index in [2.05, 4.69) is 106 Å². The minimum atomic E-state index is -0.785. The monoisotopic (exact) mass is 1140 g/mol. The normalized spacial score (nSPS) is 12.6. The van der Waals surface area contributed by atoms with Gasteiger partial charge in [-0.15, -0.1) is 0 Å². The molecule has 0 saturated heterocycles. The molecule has 0 rings (SSSR count). The van der Waals surface area contributed by atoms with Crippen molar-refractivity contribution >= 4 is 17.9 Å². The SMILES string of the molecule is CC/C=C\C/C=C\C/C=C\CCCCCCCCCC(=O)OCC(COC(=O)CCCCCCCCCCCCCCCC/C=C\C/C=C\C/C=C\CCCCCCC)OC(=O)CCCCCCCCC/C=C\CCCCCCCCC. The summed E-state index contributed by atoms with van der Waals surface area (Å²) in [5.74, 6) is -0.877. The fourth-order valence-corrected chi connectivity index (χ4v) is 10.3. The summed E-state index contributed by atoms with van der Waals surface area (Å²) in [5, 5.41) is 0. The van der Waals surface area contributed by atoms with Crippen molar-refractivity contribution in [3.63, 3.8) is 0 Å². The van der Waals surface area contributed by atoms with E-state index in [-0.39, 0.29) is 31.1 Å². The molecule has 1 unspecified atom stereocenters. The van der Waals surface area contributed by atoms with Crippen LogP contribution in [0.3, 0.4) is 0 Å². The lowest BCUT2D eigenvalue weighted by Crippen LogP contribution is -2.30. The molecule has 0 aromatic rings. The number of ether oxygens (including phenoxy) is 3. The lowest BCUT2D eigenvalue weighted by atomic mass is 10.0. The molecular formula is C76H134O6. The van der Waals surface area contributed by atoms with Crippen molar-refractivity contribution in [2.75, 3.05) is 13.2 Å². The second-order valence-electron chi connectivity index (χ2n) is 23.8. The van der Waals surface area contributed by atoms with Crippen LogP contribution in [-0.2, 0) is 28.6 Å². The van der Waals surface area contributed by atoms with E-state index in [1.807, 2.05) is 0 Å². The smallest absolute Gasteiger partial charge is 0.306 e. The second kappa shape index (κ2) is 70.1. The Morgan fingerprint density at radius 1 is 0.256 bits per heavy atom. The minimum absolute atomic E-state index is 0.0795. The maximum absolute atomic E-state index is 13.0. The molecule has 0 heterocycles. The van der Waals surface area contributed by atoms with E-state index in [1.54, 1.807) is 0 Å². The summed E-state index contributed by atoms with van der Waals surface area (Å²) in [4.78, 5) is 38.5. The van der Waals surface area contributed by atoms with Gasteiger partial charge in [-0.1, -0.05) is 311 Å². The van der Waals surface area contributed by atoms with Gasteiger partial charge in [0.1, 0.15) is 13.2 Å². The van der Waals surface area contributed by atoms with Gasteiger partial charge in [0.25, 0.3) is 0 Å². The molecule has 0 saturated carbocycles. The van der Waals surface area contributed by atoms with Gasteiger partial charge in [-0.2, -0.15) is 0 Å². The highest BCUT2D eigenvalue weighted by molar-refractivity contribution is 5.71. The Morgan fingerprint density at radius 3 is 0.756 bits per heavy atom. The summed E-state index contributed by atoms with van der Waals surface area (Å²) >= 11 is 0. The molecule has 0 N–H and O–H groups in total. The standard InChI is InChI=1S/C76H134O6/c1-4-7-10-13-16-19-22-25-28-31-33-34-35-36-37-38-39-40-41-42-43-46-48-51-54-57-60-63-66-69-75(78)81-72-73(71-80-74(77)68-65-62-59-56-53-50-47-44-30-27-24-21-18-15-12-9-6-3)82-76(79)70-67-64-61-58-55-52-49-45-32-29-26-23-20-17-14-11-8-5-2/h9,12,18,21-22,25,27,29-33,35-36,73H,4-8,10-11,13-17,19-20,23-24,26,28,34,37-72H2,1-3H3/b12-9-,21-18-,25-22-,30-27-,32-29-,33-31-,36-35-. The zero-order valence-corrected chi connectivity index (χ0v) is 54.5. The number of carbonyl (C=O) groups is 3. The minimum Gasteiger partial charge on any atom is -0.462 e. The first kappa shape index (κ1) is 78.6. The van der Waals surface area contributed by atoms with Gasteiger partial charge in [-0.25, -0.2) is 0 Å². The molecule has 0 aliphatic heterocycles. The number of rotatable bonds is 65. The predicted octanol–water partition coefficient (Wildman–Crippen LogP) is 24.6. The van der Waals surface area contributed by atoms with Crippen LogP contribution in [-0.4, -0.2) is 37.2 Å². The molecule has 0 amide bonds. The largest absolute Gasteiger partial charge is 0.462 e. The number of unbranched alkanes of at least 4 members (excludes halogenated alkanes) is 40. The quantitative estimate of drug-likeness (QED) is 0.0261. The first-order valence-electron chi connectivity index (χ1n) is 35.6. The van der Waals surface area contributed by atoms with Crippen molar-refractivity contribution in [2.24, 2.45) is 0 Å². The van der Waals surface area contributed by atoms with Crippen molar-refractivity contribution in [3.8, 4) is 0 Å². The molecule has 474 valence electrons. The molecule has 0 bridgehead atoms. The number of allylic oxidation sites excluding steroid dienone is 14. The van der Waals surface area contributed by atoms with Crippen molar-refractivity contribution < 1.29 is 28.6 Å². The zero-order chi connectivity index (χ0) is 59.2. The molecule has 82 heavy (non-hydrogen) atoms. The highest BCUT2D eigenvalue weighted by Crippen LogP contribution is 2.17. The lowest BCUT2D eigenvalue weighted by Gasteiger charge is -2.18. The third-order valence-corrected chi connectivity index (χ3v) is 15.6. The molecule has 0 fully saturated rings. The average molecular weight is 1140 g/mol. The topological polar surface area (TPSA) is 78.9 Å². The summed E-state index contributed by atoms with van der Waals surface area (Å²) < 4.78 is 17.0. The Morgan fingerprint density at radius 2 is 0.476 bits per heavy atom. The van der Waals surface area contributed by atoms with Crippen molar-refractivity contribution in [1.29, 1.82) is 0 Å². The van der Waals surface area contributed by atoms with Crippen LogP contribution in [0.2, 0.25) is 0 Å².